The van der Waals surface area contributed by atoms with Crippen LogP contribution >= 0.6 is 11.6 Å². The summed E-state index contributed by atoms with van der Waals surface area (Å²) < 4.78 is 85.5. The van der Waals surface area contributed by atoms with Gasteiger partial charge in [-0.1, -0.05) is 11.6 Å². The van der Waals surface area contributed by atoms with Gasteiger partial charge in [0.1, 0.15) is 23.3 Å². The highest BCUT2D eigenvalue weighted by molar-refractivity contribution is 6.32. The molecule has 1 aromatic carbocycles. The second kappa shape index (κ2) is 8.51. The van der Waals surface area contributed by atoms with Crippen LogP contribution in [0.1, 0.15) is 30.5 Å². The number of methoxy groups -OCH3 is 1. The van der Waals surface area contributed by atoms with E-state index in [1.165, 1.54) is 36.1 Å². The number of carbonyl (C=O) groups is 1. The van der Waals surface area contributed by atoms with Crippen molar-refractivity contribution in [3.63, 3.8) is 0 Å². The van der Waals surface area contributed by atoms with Crippen LogP contribution in [0.15, 0.2) is 30.3 Å². The Kier molecular flexibility index (Phi) is 6.12. The lowest BCUT2D eigenvalue weighted by Gasteiger charge is -2.37. The summed E-state index contributed by atoms with van der Waals surface area (Å²) in [5, 5.41) is 0.321. The molecule has 184 valence electrons. The average molecular weight is 508 g/mol. The van der Waals surface area contributed by atoms with Gasteiger partial charge in [-0.05, 0) is 49.4 Å². The molecule has 0 spiro atoms. The number of hydrogen-bond donors (Lipinski definition) is 0. The van der Waals surface area contributed by atoms with Crippen LogP contribution in [0.4, 0.5) is 37.8 Å². The van der Waals surface area contributed by atoms with Gasteiger partial charge in [-0.25, -0.2) is 4.98 Å². The third-order valence-electron chi connectivity index (χ3n) is 6.38. The molecule has 12 heteroatoms. The molecule has 34 heavy (non-hydrogen) atoms. The molecule has 4 rings (SSSR count). The van der Waals surface area contributed by atoms with E-state index in [1.54, 1.807) is 6.07 Å². The molecule has 1 aromatic heterocycles. The van der Waals surface area contributed by atoms with Gasteiger partial charge in [-0.2, -0.15) is 26.3 Å². The van der Waals surface area contributed by atoms with E-state index in [1.807, 2.05) is 0 Å². The highest BCUT2D eigenvalue weighted by Gasteiger charge is 2.51. The number of alkyl halides is 6. The van der Waals surface area contributed by atoms with Gasteiger partial charge in [0.25, 0.3) is 0 Å². The van der Waals surface area contributed by atoms with Gasteiger partial charge >= 0.3 is 12.4 Å². The van der Waals surface area contributed by atoms with Crippen molar-refractivity contribution in [2.45, 2.75) is 43.7 Å². The van der Waals surface area contributed by atoms with E-state index in [0.717, 1.165) is 0 Å². The normalized spacial score (nSPS) is 22.3. The van der Waals surface area contributed by atoms with Gasteiger partial charge in [0.15, 0.2) is 0 Å². The number of aromatic nitrogens is 1. The van der Waals surface area contributed by atoms with E-state index in [2.05, 4.69) is 4.98 Å². The zero-order valence-electron chi connectivity index (χ0n) is 18.0. The summed E-state index contributed by atoms with van der Waals surface area (Å²) in [6, 6.07) is 3.86. The molecule has 2 heterocycles. The van der Waals surface area contributed by atoms with Crippen molar-refractivity contribution in [1.82, 2.24) is 4.98 Å². The quantitative estimate of drug-likeness (QED) is 0.491. The highest BCUT2D eigenvalue weighted by atomic mass is 35.5. The van der Waals surface area contributed by atoms with Gasteiger partial charge in [0.05, 0.1) is 17.7 Å². The van der Waals surface area contributed by atoms with Crippen molar-refractivity contribution in [3.05, 3.63) is 46.6 Å². The fourth-order valence-corrected chi connectivity index (χ4v) is 4.97. The van der Waals surface area contributed by atoms with E-state index in [4.69, 9.17) is 16.3 Å². The molecule has 5 nitrogen and oxygen atoms in total. The predicted molar refractivity (Wildman–Crippen MR) is 113 cm³/mol. The number of anilines is 2. The summed E-state index contributed by atoms with van der Waals surface area (Å²) in [4.78, 5) is 19.6. The monoisotopic (exact) mass is 507 g/mol. The van der Waals surface area contributed by atoms with Crippen LogP contribution in [-0.4, -0.2) is 37.1 Å². The van der Waals surface area contributed by atoms with Crippen LogP contribution in [-0.2, 0) is 17.1 Å². The van der Waals surface area contributed by atoms with E-state index in [0.29, 0.717) is 41.8 Å². The maximum Gasteiger partial charge on any atom is 0.433 e. The van der Waals surface area contributed by atoms with E-state index in [-0.39, 0.29) is 18.0 Å². The van der Waals surface area contributed by atoms with Crippen molar-refractivity contribution in [2.75, 3.05) is 24.0 Å². The first-order valence-corrected chi connectivity index (χ1v) is 10.7. The predicted octanol–water partition coefficient (Wildman–Crippen LogP) is 5.80. The zero-order chi connectivity index (χ0) is 25.0. The molecule has 1 amide bonds. The van der Waals surface area contributed by atoms with Gasteiger partial charge in [-0.15, -0.1) is 0 Å². The summed E-state index contributed by atoms with van der Waals surface area (Å²) in [6.07, 6.45) is -8.42. The number of likely N-dealkylation sites (N-methyl/N-ethyl adjacent to an activating group) is 1. The topological polar surface area (TPSA) is 45.7 Å². The van der Waals surface area contributed by atoms with Crippen LogP contribution in [0, 0.1) is 5.92 Å². The number of benzene rings is 1. The van der Waals surface area contributed by atoms with Crippen molar-refractivity contribution >= 4 is 29.0 Å². The Bertz CT molecular complexity index is 1070. The molecular formula is C22H20ClF6N3O2. The Balaban J connectivity index is 1.74. The molecule has 1 saturated heterocycles. The fraction of sp³-hybridized carbons (Fsp3) is 0.455. The second-order valence-corrected chi connectivity index (χ2v) is 8.80. The number of carbonyl (C=O) groups excluding carboxylic acids is 1. The van der Waals surface area contributed by atoms with E-state index in [9.17, 15) is 31.1 Å². The first kappa shape index (κ1) is 24.4. The van der Waals surface area contributed by atoms with Crippen LogP contribution in [0.3, 0.4) is 0 Å². The molecule has 2 bridgehead atoms. The Labute approximate surface area is 196 Å². The minimum Gasteiger partial charge on any atom is -0.495 e. The molecule has 0 radical (unpaired) electrons. The standard InChI is InChI=1S/C22H20ClF6N3O2/c1-31(13-5-6-15(23)16(10-13)34-2)20(33)19-11-3-4-14(7-11)32(19)18-9-12(21(24,25)26)8-17(30-18)22(27,28)29/h5-6,8-11,14,19H,3-4,7H2,1-2H3/t11-,14+,19-/m0/s1. The smallest absolute Gasteiger partial charge is 0.433 e. The maximum absolute atomic E-state index is 13.5. The summed E-state index contributed by atoms with van der Waals surface area (Å²) in [5.74, 6) is -0.878. The first-order valence-electron chi connectivity index (χ1n) is 10.4. The van der Waals surface area contributed by atoms with Gasteiger partial charge in [0, 0.05) is 24.8 Å². The maximum atomic E-state index is 13.5. The third kappa shape index (κ3) is 4.37. The Morgan fingerprint density at radius 2 is 1.82 bits per heavy atom. The number of hydrogen-bond acceptors (Lipinski definition) is 4. The average Bonchev–Trinajstić information content (AvgIpc) is 3.38. The lowest BCUT2D eigenvalue weighted by molar-refractivity contribution is -0.145. The lowest BCUT2D eigenvalue weighted by Crippen LogP contribution is -2.51. The minimum absolute atomic E-state index is 0.0131. The summed E-state index contributed by atoms with van der Waals surface area (Å²) in [5.41, 5.74) is -2.70. The Morgan fingerprint density at radius 1 is 1.12 bits per heavy atom. The van der Waals surface area contributed by atoms with Crippen LogP contribution in [0.2, 0.25) is 5.02 Å². The Hall–Kier alpha value is -2.69. The largest absolute Gasteiger partial charge is 0.495 e. The number of nitrogens with zero attached hydrogens (tertiary/aromatic N) is 3. The number of ether oxygens (including phenoxy) is 1. The van der Waals surface area contributed by atoms with Crippen molar-refractivity contribution in [3.8, 4) is 5.75 Å². The summed E-state index contributed by atoms with van der Waals surface area (Å²) in [6.45, 7) is 0. The number of amides is 1. The number of piperidine rings is 1. The second-order valence-electron chi connectivity index (χ2n) is 8.39. The molecule has 1 aliphatic carbocycles. The highest BCUT2D eigenvalue weighted by Crippen LogP contribution is 2.47. The van der Waals surface area contributed by atoms with Crippen LogP contribution in [0.5, 0.6) is 5.75 Å². The van der Waals surface area contributed by atoms with Crippen molar-refractivity contribution in [1.29, 1.82) is 0 Å². The molecule has 1 aliphatic heterocycles. The molecule has 3 atom stereocenters. The number of pyridine rings is 1. The summed E-state index contributed by atoms with van der Waals surface area (Å²) >= 11 is 6.04. The lowest BCUT2D eigenvalue weighted by atomic mass is 9.97. The fourth-order valence-electron chi connectivity index (χ4n) is 4.78. The Morgan fingerprint density at radius 3 is 2.44 bits per heavy atom. The van der Waals surface area contributed by atoms with Crippen molar-refractivity contribution in [2.24, 2.45) is 5.92 Å². The molecular weight excluding hydrogens is 488 g/mol. The number of rotatable bonds is 4. The van der Waals surface area contributed by atoms with Crippen LogP contribution < -0.4 is 14.5 Å². The van der Waals surface area contributed by atoms with E-state index < -0.39 is 41.4 Å². The SMILES string of the molecule is COc1cc(N(C)C(=O)[C@@H]2[C@H]3CC[C@H](C3)N2c2cc(C(F)(F)F)cc(C(F)(F)F)n2)ccc1Cl. The van der Waals surface area contributed by atoms with Crippen LogP contribution in [0.25, 0.3) is 0 Å². The first-order chi connectivity index (χ1) is 15.8. The van der Waals surface area contributed by atoms with Gasteiger partial charge in [-0.3, -0.25) is 4.79 Å². The molecule has 2 aliphatic rings. The van der Waals surface area contributed by atoms with E-state index >= 15 is 0 Å². The molecule has 1 saturated carbocycles. The number of fused-ring (bicyclic) bond motifs is 2. The molecule has 0 N–H and O–H groups in total. The molecule has 0 unspecified atom stereocenters. The zero-order valence-corrected chi connectivity index (χ0v) is 18.8. The summed E-state index contributed by atoms with van der Waals surface area (Å²) in [7, 11) is 2.89. The number of halogens is 7. The molecule has 2 aromatic rings. The third-order valence-corrected chi connectivity index (χ3v) is 6.70. The van der Waals surface area contributed by atoms with Gasteiger partial charge in [0.2, 0.25) is 5.91 Å². The molecule has 2 fully saturated rings. The van der Waals surface area contributed by atoms with Crippen molar-refractivity contribution < 1.29 is 35.9 Å². The van der Waals surface area contributed by atoms with Gasteiger partial charge < -0.3 is 14.5 Å². The minimum atomic E-state index is -5.08.